The van der Waals surface area contributed by atoms with Crippen LogP contribution < -0.4 is 4.74 Å². The molecule has 0 amide bonds. The Morgan fingerprint density at radius 1 is 1.47 bits per heavy atom. The molecule has 1 unspecified atom stereocenters. The molecule has 1 atom stereocenters. The molecule has 80 valence electrons. The van der Waals surface area contributed by atoms with Gasteiger partial charge in [0.2, 0.25) is 0 Å². The largest absolute Gasteiger partial charge is 0.496 e. The maximum Gasteiger partial charge on any atom is 0.122 e. The van der Waals surface area contributed by atoms with Crippen LogP contribution in [0.5, 0.6) is 5.75 Å². The molecule has 3 nitrogen and oxygen atoms in total. The van der Waals surface area contributed by atoms with Gasteiger partial charge in [0.15, 0.2) is 0 Å². The Morgan fingerprint density at radius 3 is 2.87 bits per heavy atom. The van der Waals surface area contributed by atoms with E-state index in [0.29, 0.717) is 6.42 Å². The van der Waals surface area contributed by atoms with Gasteiger partial charge in [-0.15, -0.1) is 0 Å². The van der Waals surface area contributed by atoms with Crippen LogP contribution >= 0.6 is 0 Å². The molecule has 0 spiro atoms. The lowest BCUT2D eigenvalue weighted by Crippen LogP contribution is -2.07. The maximum absolute atomic E-state index is 9.41. The van der Waals surface area contributed by atoms with Gasteiger partial charge in [0.05, 0.1) is 25.7 Å². The molecule has 0 aliphatic rings. The van der Waals surface area contributed by atoms with Crippen LogP contribution in [-0.4, -0.2) is 18.3 Å². The van der Waals surface area contributed by atoms with Crippen LogP contribution in [0.1, 0.15) is 18.4 Å². The highest BCUT2D eigenvalue weighted by molar-refractivity contribution is 5.33. The molecule has 15 heavy (non-hydrogen) atoms. The smallest absolute Gasteiger partial charge is 0.122 e. The standard InChI is InChI=1S/C12H15NO2/c1-15-12-5-3-2-4-10(12)6-7-11(14)8-9-13/h2-5,11,14H,6-8H2,1H3. The van der Waals surface area contributed by atoms with Crippen LogP contribution in [0.4, 0.5) is 0 Å². The number of aliphatic hydroxyl groups is 1. The van der Waals surface area contributed by atoms with E-state index in [2.05, 4.69) is 0 Å². The summed E-state index contributed by atoms with van der Waals surface area (Å²) in [5.41, 5.74) is 1.07. The van der Waals surface area contributed by atoms with E-state index in [9.17, 15) is 5.11 Å². The minimum absolute atomic E-state index is 0.190. The summed E-state index contributed by atoms with van der Waals surface area (Å²) in [6.45, 7) is 0. The van der Waals surface area contributed by atoms with Gasteiger partial charge in [-0.05, 0) is 24.5 Å². The molecule has 1 aromatic carbocycles. The number of nitriles is 1. The molecule has 0 saturated heterocycles. The molecule has 1 rings (SSSR count). The quantitative estimate of drug-likeness (QED) is 0.798. The Morgan fingerprint density at radius 2 is 2.20 bits per heavy atom. The molecule has 0 fully saturated rings. The first kappa shape index (κ1) is 11.5. The van der Waals surface area contributed by atoms with Crippen LogP contribution in [0.2, 0.25) is 0 Å². The van der Waals surface area contributed by atoms with Crippen LogP contribution in [0.3, 0.4) is 0 Å². The molecule has 0 bridgehead atoms. The minimum Gasteiger partial charge on any atom is -0.496 e. The number of hydrogen-bond donors (Lipinski definition) is 1. The number of aryl methyl sites for hydroxylation is 1. The number of rotatable bonds is 5. The molecular formula is C12H15NO2. The summed E-state index contributed by atoms with van der Waals surface area (Å²) in [7, 11) is 1.63. The second kappa shape index (κ2) is 6.05. The van der Waals surface area contributed by atoms with Crippen molar-refractivity contribution in [3.8, 4) is 11.8 Å². The van der Waals surface area contributed by atoms with Crippen LogP contribution in [0.25, 0.3) is 0 Å². The third-order valence-electron chi connectivity index (χ3n) is 2.27. The first-order valence-corrected chi connectivity index (χ1v) is 4.95. The fourth-order valence-corrected chi connectivity index (χ4v) is 1.44. The zero-order chi connectivity index (χ0) is 11.1. The first-order valence-electron chi connectivity index (χ1n) is 4.95. The fourth-order valence-electron chi connectivity index (χ4n) is 1.44. The van der Waals surface area contributed by atoms with E-state index < -0.39 is 6.10 Å². The van der Waals surface area contributed by atoms with E-state index in [4.69, 9.17) is 10.00 Å². The molecular weight excluding hydrogens is 190 g/mol. The van der Waals surface area contributed by atoms with Crippen molar-refractivity contribution in [1.82, 2.24) is 0 Å². The lowest BCUT2D eigenvalue weighted by atomic mass is 10.0. The first-order chi connectivity index (χ1) is 7.27. The van der Waals surface area contributed by atoms with Crippen molar-refractivity contribution >= 4 is 0 Å². The number of hydrogen-bond acceptors (Lipinski definition) is 3. The lowest BCUT2D eigenvalue weighted by Gasteiger charge is -2.09. The van der Waals surface area contributed by atoms with Gasteiger partial charge in [-0.2, -0.15) is 5.26 Å². The molecule has 0 aromatic heterocycles. The second-order valence-corrected chi connectivity index (χ2v) is 3.37. The Hall–Kier alpha value is -1.53. The van der Waals surface area contributed by atoms with Gasteiger partial charge >= 0.3 is 0 Å². The number of para-hydroxylation sites is 1. The lowest BCUT2D eigenvalue weighted by molar-refractivity contribution is 0.169. The molecule has 0 saturated carbocycles. The number of methoxy groups -OCH3 is 1. The fraction of sp³-hybridized carbons (Fsp3) is 0.417. The summed E-state index contributed by atoms with van der Waals surface area (Å²) in [6, 6.07) is 9.67. The van der Waals surface area contributed by atoms with Gasteiger partial charge in [0.1, 0.15) is 5.75 Å². The van der Waals surface area contributed by atoms with E-state index in [-0.39, 0.29) is 6.42 Å². The maximum atomic E-state index is 9.41. The monoisotopic (exact) mass is 205 g/mol. The summed E-state index contributed by atoms with van der Waals surface area (Å²) in [4.78, 5) is 0. The average Bonchev–Trinajstić information content (AvgIpc) is 2.27. The highest BCUT2D eigenvalue weighted by atomic mass is 16.5. The number of benzene rings is 1. The van der Waals surface area contributed by atoms with Crippen LogP contribution in [0, 0.1) is 11.3 Å². The summed E-state index contributed by atoms with van der Waals surface area (Å²) in [5, 5.41) is 17.8. The van der Waals surface area contributed by atoms with E-state index in [1.54, 1.807) is 7.11 Å². The summed E-state index contributed by atoms with van der Waals surface area (Å²) >= 11 is 0. The molecule has 3 heteroatoms. The Bertz CT molecular complexity index is 344. The summed E-state index contributed by atoms with van der Waals surface area (Å²) < 4.78 is 5.19. The number of ether oxygens (including phenoxy) is 1. The summed E-state index contributed by atoms with van der Waals surface area (Å²) in [6.07, 6.45) is 0.968. The van der Waals surface area contributed by atoms with Crippen molar-refractivity contribution in [2.24, 2.45) is 0 Å². The molecule has 0 radical (unpaired) electrons. The van der Waals surface area contributed by atoms with Gasteiger partial charge in [-0.3, -0.25) is 0 Å². The Kier molecular flexibility index (Phi) is 4.65. The molecule has 0 aliphatic heterocycles. The Balaban J connectivity index is 2.54. The summed E-state index contributed by atoms with van der Waals surface area (Å²) in [5.74, 6) is 0.835. The third-order valence-corrected chi connectivity index (χ3v) is 2.27. The topological polar surface area (TPSA) is 53.2 Å². The minimum atomic E-state index is -0.542. The normalized spacial score (nSPS) is 11.8. The van der Waals surface area contributed by atoms with Gasteiger partial charge in [0, 0.05) is 0 Å². The van der Waals surface area contributed by atoms with Crippen molar-refractivity contribution in [2.45, 2.75) is 25.4 Å². The van der Waals surface area contributed by atoms with Crippen molar-refractivity contribution in [1.29, 1.82) is 5.26 Å². The Labute approximate surface area is 89.9 Å². The van der Waals surface area contributed by atoms with Gasteiger partial charge in [-0.25, -0.2) is 0 Å². The van der Waals surface area contributed by atoms with Crippen LogP contribution in [0.15, 0.2) is 24.3 Å². The molecule has 0 heterocycles. The predicted molar refractivity (Wildman–Crippen MR) is 57.6 cm³/mol. The van der Waals surface area contributed by atoms with Crippen molar-refractivity contribution < 1.29 is 9.84 Å². The molecule has 0 aliphatic carbocycles. The van der Waals surface area contributed by atoms with Gasteiger partial charge in [-0.1, -0.05) is 18.2 Å². The van der Waals surface area contributed by atoms with Crippen molar-refractivity contribution in [3.63, 3.8) is 0 Å². The van der Waals surface area contributed by atoms with Gasteiger partial charge < -0.3 is 9.84 Å². The molecule has 1 aromatic rings. The highest BCUT2D eigenvalue weighted by Gasteiger charge is 2.06. The van der Waals surface area contributed by atoms with E-state index in [1.807, 2.05) is 30.3 Å². The third kappa shape index (κ3) is 3.61. The van der Waals surface area contributed by atoms with E-state index in [1.165, 1.54) is 0 Å². The van der Waals surface area contributed by atoms with Crippen LogP contribution in [-0.2, 0) is 6.42 Å². The SMILES string of the molecule is COc1ccccc1CCC(O)CC#N. The zero-order valence-corrected chi connectivity index (χ0v) is 8.81. The van der Waals surface area contributed by atoms with E-state index >= 15 is 0 Å². The van der Waals surface area contributed by atoms with E-state index in [0.717, 1.165) is 17.7 Å². The van der Waals surface area contributed by atoms with Crippen molar-refractivity contribution in [3.05, 3.63) is 29.8 Å². The van der Waals surface area contributed by atoms with Gasteiger partial charge in [0.25, 0.3) is 0 Å². The molecule has 1 N–H and O–H groups in total. The van der Waals surface area contributed by atoms with Crippen molar-refractivity contribution in [2.75, 3.05) is 7.11 Å². The number of aliphatic hydroxyl groups excluding tert-OH is 1. The predicted octanol–water partition coefficient (Wildman–Crippen LogP) is 1.90. The second-order valence-electron chi connectivity index (χ2n) is 3.37. The average molecular weight is 205 g/mol. The number of nitrogens with zero attached hydrogens (tertiary/aromatic N) is 1. The highest BCUT2D eigenvalue weighted by Crippen LogP contribution is 2.19. The zero-order valence-electron chi connectivity index (χ0n) is 8.81.